The van der Waals surface area contributed by atoms with Crippen molar-refractivity contribution in [3.05, 3.63) is 39.9 Å². The van der Waals surface area contributed by atoms with Crippen molar-refractivity contribution >= 4 is 11.5 Å². The first kappa shape index (κ1) is 12.6. The summed E-state index contributed by atoms with van der Waals surface area (Å²) >= 11 is 1.38. The molecule has 0 amide bonds. The van der Waals surface area contributed by atoms with Gasteiger partial charge in [-0.3, -0.25) is 0 Å². The number of rotatable bonds is 3. The summed E-state index contributed by atoms with van der Waals surface area (Å²) < 4.78 is 9.79. The van der Waals surface area contributed by atoms with Crippen molar-refractivity contribution in [3.8, 4) is 5.75 Å². The van der Waals surface area contributed by atoms with Gasteiger partial charge in [-0.05, 0) is 23.0 Å². The van der Waals surface area contributed by atoms with Gasteiger partial charge in [-0.25, -0.2) is 0 Å². The summed E-state index contributed by atoms with van der Waals surface area (Å²) in [7, 11) is 0. The van der Waals surface area contributed by atoms with Crippen LogP contribution in [-0.2, 0) is 6.42 Å². The predicted octanol–water partition coefficient (Wildman–Crippen LogP) is 2.64. The van der Waals surface area contributed by atoms with Crippen molar-refractivity contribution in [1.29, 1.82) is 0 Å². The van der Waals surface area contributed by atoms with E-state index in [0.29, 0.717) is 5.92 Å². The minimum absolute atomic E-state index is 0.203. The maximum Gasteiger partial charge on any atom is 0.127 e. The van der Waals surface area contributed by atoms with Crippen LogP contribution in [0.5, 0.6) is 5.75 Å². The van der Waals surface area contributed by atoms with E-state index in [1.165, 1.54) is 17.1 Å². The number of benzene rings is 1. The van der Waals surface area contributed by atoms with Gasteiger partial charge in [-0.2, -0.15) is 0 Å². The molecular weight excluding hydrogens is 258 g/mol. The van der Waals surface area contributed by atoms with Crippen molar-refractivity contribution in [3.63, 3.8) is 0 Å². The van der Waals surface area contributed by atoms with E-state index in [0.717, 1.165) is 34.9 Å². The number of hydrogen-bond acceptors (Lipinski definition) is 5. The van der Waals surface area contributed by atoms with Crippen LogP contribution in [0.15, 0.2) is 18.2 Å². The SMILES string of the molecule is CC(C)c1nnsc1C(N)c1cccc2c1OCC2. The Hall–Kier alpha value is -1.46. The van der Waals surface area contributed by atoms with E-state index in [-0.39, 0.29) is 6.04 Å². The van der Waals surface area contributed by atoms with E-state index in [1.807, 2.05) is 12.1 Å². The van der Waals surface area contributed by atoms with Gasteiger partial charge in [0.2, 0.25) is 0 Å². The molecule has 0 spiro atoms. The van der Waals surface area contributed by atoms with Crippen molar-refractivity contribution in [1.82, 2.24) is 9.59 Å². The second-order valence-corrected chi connectivity index (χ2v) is 5.87. The van der Waals surface area contributed by atoms with Crippen LogP contribution in [-0.4, -0.2) is 16.2 Å². The van der Waals surface area contributed by atoms with Gasteiger partial charge in [0.25, 0.3) is 0 Å². The largest absolute Gasteiger partial charge is 0.493 e. The Morgan fingerprint density at radius 3 is 3.00 bits per heavy atom. The lowest BCUT2D eigenvalue weighted by atomic mass is 9.98. The molecule has 1 aliphatic heterocycles. The number of ether oxygens (including phenoxy) is 1. The first-order valence-corrected chi connectivity index (χ1v) is 7.28. The summed E-state index contributed by atoms with van der Waals surface area (Å²) in [5, 5.41) is 4.20. The molecular formula is C14H17N3OS. The summed E-state index contributed by atoms with van der Waals surface area (Å²) in [5.41, 5.74) is 9.71. The molecule has 0 bridgehead atoms. The standard InChI is InChI=1S/C14H17N3OS/c1-8(2)12-14(19-17-16-12)11(15)10-5-3-4-9-6-7-18-13(9)10/h3-5,8,11H,6-7,15H2,1-2H3. The molecule has 3 rings (SSSR count). The predicted molar refractivity (Wildman–Crippen MR) is 75.7 cm³/mol. The Morgan fingerprint density at radius 2 is 2.21 bits per heavy atom. The van der Waals surface area contributed by atoms with E-state index < -0.39 is 0 Å². The Morgan fingerprint density at radius 1 is 1.37 bits per heavy atom. The normalized spacial score (nSPS) is 15.4. The third-order valence-corrected chi connectivity index (χ3v) is 4.27. The third kappa shape index (κ3) is 2.13. The summed E-state index contributed by atoms with van der Waals surface area (Å²) in [4.78, 5) is 1.04. The molecule has 1 aromatic carbocycles. The number of nitrogens with two attached hydrogens (primary N) is 1. The molecule has 19 heavy (non-hydrogen) atoms. The lowest BCUT2D eigenvalue weighted by molar-refractivity contribution is 0.352. The van der Waals surface area contributed by atoms with Crippen molar-refractivity contribution in [2.24, 2.45) is 5.73 Å². The van der Waals surface area contributed by atoms with Crippen LogP contribution in [0.4, 0.5) is 0 Å². The fourth-order valence-corrected chi connectivity index (χ4v) is 3.27. The van der Waals surface area contributed by atoms with E-state index >= 15 is 0 Å². The molecule has 1 aliphatic rings. The molecule has 0 saturated carbocycles. The Bertz CT molecular complexity index is 594. The van der Waals surface area contributed by atoms with Gasteiger partial charge in [-0.1, -0.05) is 36.5 Å². The van der Waals surface area contributed by atoms with E-state index in [9.17, 15) is 0 Å². The molecule has 2 heterocycles. The fraction of sp³-hybridized carbons (Fsp3) is 0.429. The smallest absolute Gasteiger partial charge is 0.127 e. The van der Waals surface area contributed by atoms with Gasteiger partial charge in [0.05, 0.1) is 23.2 Å². The third-order valence-electron chi connectivity index (χ3n) is 3.45. The molecule has 4 nitrogen and oxygen atoms in total. The molecule has 0 aliphatic carbocycles. The van der Waals surface area contributed by atoms with Gasteiger partial charge in [0.1, 0.15) is 5.75 Å². The zero-order chi connectivity index (χ0) is 13.4. The summed E-state index contributed by atoms with van der Waals surface area (Å²) in [6.45, 7) is 4.97. The average molecular weight is 275 g/mol. The van der Waals surface area contributed by atoms with Crippen molar-refractivity contribution < 1.29 is 4.74 Å². The van der Waals surface area contributed by atoms with E-state index in [2.05, 4.69) is 29.5 Å². The highest BCUT2D eigenvalue weighted by molar-refractivity contribution is 7.05. The van der Waals surface area contributed by atoms with Gasteiger partial charge < -0.3 is 10.5 Å². The molecule has 100 valence electrons. The molecule has 2 aromatic rings. The van der Waals surface area contributed by atoms with Crippen LogP contribution < -0.4 is 10.5 Å². The number of nitrogens with zero attached hydrogens (tertiary/aromatic N) is 2. The monoisotopic (exact) mass is 275 g/mol. The van der Waals surface area contributed by atoms with Crippen molar-refractivity contribution in [2.45, 2.75) is 32.2 Å². The first-order chi connectivity index (χ1) is 9.18. The van der Waals surface area contributed by atoms with Crippen LogP contribution in [0.25, 0.3) is 0 Å². The average Bonchev–Trinajstić information content (AvgIpc) is 3.05. The minimum Gasteiger partial charge on any atom is -0.493 e. The van der Waals surface area contributed by atoms with Gasteiger partial charge in [0.15, 0.2) is 0 Å². The second kappa shape index (κ2) is 4.90. The molecule has 5 heteroatoms. The Balaban J connectivity index is 2.03. The maximum absolute atomic E-state index is 6.42. The zero-order valence-corrected chi connectivity index (χ0v) is 11.9. The van der Waals surface area contributed by atoms with Gasteiger partial charge >= 0.3 is 0 Å². The first-order valence-electron chi connectivity index (χ1n) is 6.50. The molecule has 2 N–H and O–H groups in total. The number of aromatic nitrogens is 2. The molecule has 0 saturated heterocycles. The second-order valence-electron chi connectivity index (χ2n) is 5.09. The highest BCUT2D eigenvalue weighted by atomic mass is 32.1. The lowest BCUT2D eigenvalue weighted by Crippen LogP contribution is -2.14. The Labute approximate surface area is 116 Å². The lowest BCUT2D eigenvalue weighted by Gasteiger charge is -2.15. The van der Waals surface area contributed by atoms with Crippen molar-refractivity contribution in [2.75, 3.05) is 6.61 Å². The number of para-hydroxylation sites is 1. The topological polar surface area (TPSA) is 61.0 Å². The van der Waals surface area contributed by atoms with Crippen LogP contribution >= 0.6 is 11.5 Å². The van der Waals surface area contributed by atoms with Crippen LogP contribution in [0.3, 0.4) is 0 Å². The van der Waals surface area contributed by atoms with Gasteiger partial charge in [-0.15, -0.1) is 5.10 Å². The zero-order valence-electron chi connectivity index (χ0n) is 11.1. The molecule has 1 unspecified atom stereocenters. The van der Waals surface area contributed by atoms with Crippen LogP contribution in [0.1, 0.15) is 47.5 Å². The fourth-order valence-electron chi connectivity index (χ4n) is 2.45. The number of fused-ring (bicyclic) bond motifs is 1. The Kier molecular flexibility index (Phi) is 3.24. The van der Waals surface area contributed by atoms with Crippen LogP contribution in [0, 0.1) is 0 Å². The highest BCUT2D eigenvalue weighted by Crippen LogP contribution is 2.37. The minimum atomic E-state index is -0.203. The highest BCUT2D eigenvalue weighted by Gasteiger charge is 2.25. The van der Waals surface area contributed by atoms with E-state index in [4.69, 9.17) is 10.5 Å². The maximum atomic E-state index is 6.42. The molecule has 0 radical (unpaired) electrons. The summed E-state index contributed by atoms with van der Waals surface area (Å²) in [6, 6.07) is 5.99. The van der Waals surface area contributed by atoms with Crippen LogP contribution in [0.2, 0.25) is 0 Å². The summed E-state index contributed by atoms with van der Waals surface area (Å²) in [5.74, 6) is 1.29. The van der Waals surface area contributed by atoms with E-state index in [1.54, 1.807) is 0 Å². The molecule has 1 aromatic heterocycles. The number of hydrogen-bond donors (Lipinski definition) is 1. The molecule has 0 fully saturated rings. The van der Waals surface area contributed by atoms with Gasteiger partial charge in [0, 0.05) is 12.0 Å². The summed E-state index contributed by atoms with van der Waals surface area (Å²) in [6.07, 6.45) is 0.966. The quantitative estimate of drug-likeness (QED) is 0.935. The molecule has 1 atom stereocenters.